The molecule has 1 atom stereocenters. The van der Waals surface area contributed by atoms with E-state index < -0.39 is 15.3 Å². The van der Waals surface area contributed by atoms with Crippen molar-refractivity contribution in [2.75, 3.05) is 0 Å². The average Bonchev–Trinajstić information content (AvgIpc) is 2.63. The van der Waals surface area contributed by atoms with Crippen LogP contribution in [0.4, 0.5) is 0 Å². The number of rotatable bonds is 2. The lowest BCUT2D eigenvalue weighted by Gasteiger charge is -2.06. The van der Waals surface area contributed by atoms with E-state index in [-0.39, 0.29) is 4.90 Å². The van der Waals surface area contributed by atoms with Crippen molar-refractivity contribution in [3.05, 3.63) is 23.7 Å². The highest BCUT2D eigenvalue weighted by molar-refractivity contribution is 7.91. The van der Waals surface area contributed by atoms with Gasteiger partial charge >= 0.3 is 0 Å². The summed E-state index contributed by atoms with van der Waals surface area (Å²) in [5.41, 5.74) is 2.00. The van der Waals surface area contributed by atoms with Gasteiger partial charge in [0.25, 0.3) is 0 Å². The summed E-state index contributed by atoms with van der Waals surface area (Å²) in [5, 5.41) is 9.15. The number of sulfone groups is 1. The third kappa shape index (κ3) is 1.75. The number of fused-ring (bicyclic) bond motifs is 1. The Hall–Kier alpha value is -0.980. The van der Waals surface area contributed by atoms with Crippen molar-refractivity contribution in [2.45, 2.75) is 17.3 Å². The number of benzene rings is 1. The number of aromatic nitrogens is 1. The summed E-state index contributed by atoms with van der Waals surface area (Å²) in [6.45, 7) is 1.23. The molecule has 0 aliphatic rings. The van der Waals surface area contributed by atoms with E-state index in [4.69, 9.17) is 5.11 Å². The van der Waals surface area contributed by atoms with Crippen LogP contribution in [0.5, 0.6) is 0 Å². The highest BCUT2D eigenvalue weighted by Gasteiger charge is 2.21. The van der Waals surface area contributed by atoms with Crippen molar-refractivity contribution in [1.29, 1.82) is 0 Å². The lowest BCUT2D eigenvalue weighted by atomic mass is 10.3. The lowest BCUT2D eigenvalue weighted by Crippen LogP contribution is -2.16. The Bertz CT molecular complexity index is 586. The van der Waals surface area contributed by atoms with E-state index in [0.717, 1.165) is 4.70 Å². The van der Waals surface area contributed by atoms with Gasteiger partial charge < -0.3 is 5.11 Å². The Kier molecular flexibility index (Phi) is 2.49. The number of hydrogen-bond acceptors (Lipinski definition) is 5. The topological polar surface area (TPSA) is 67.3 Å². The standard InChI is InChI=1S/C9H8NO3S2/c1-6(11)15(12,13)7-2-3-8-9(4-7)14-5-10-8/h2-4,6,11H,1H3. The summed E-state index contributed by atoms with van der Waals surface area (Å²) < 4.78 is 24.0. The number of hydrogen-bond donors (Lipinski definition) is 1. The fraction of sp³-hybridized carbons (Fsp3) is 0.222. The average molecular weight is 242 g/mol. The van der Waals surface area contributed by atoms with Gasteiger partial charge in [-0.05, 0) is 25.1 Å². The quantitative estimate of drug-likeness (QED) is 0.859. The molecule has 0 aliphatic carbocycles. The van der Waals surface area contributed by atoms with E-state index in [9.17, 15) is 8.42 Å². The second-order valence-corrected chi connectivity index (χ2v) is 6.15. The number of nitrogens with zero attached hydrogens (tertiary/aromatic N) is 1. The molecule has 1 aromatic carbocycles. The van der Waals surface area contributed by atoms with Crippen LogP contribution in [0.2, 0.25) is 0 Å². The van der Waals surface area contributed by atoms with Crippen molar-refractivity contribution in [1.82, 2.24) is 4.98 Å². The van der Waals surface area contributed by atoms with Gasteiger partial charge in [0.2, 0.25) is 9.84 Å². The molecule has 0 saturated heterocycles. The van der Waals surface area contributed by atoms with E-state index >= 15 is 0 Å². The summed E-state index contributed by atoms with van der Waals surface area (Å²) in [7, 11) is -3.63. The lowest BCUT2D eigenvalue weighted by molar-refractivity contribution is 0.268. The summed E-state index contributed by atoms with van der Waals surface area (Å²) in [6, 6.07) is 4.56. The number of aliphatic hydroxyl groups excluding tert-OH is 1. The minimum absolute atomic E-state index is 0.114. The molecule has 6 heteroatoms. The molecule has 0 fully saturated rings. The SMILES string of the molecule is CC(O)S(=O)(=O)c1ccc2n[c]sc2c1. The maximum Gasteiger partial charge on any atom is 0.204 e. The summed E-state index contributed by atoms with van der Waals surface area (Å²) >= 11 is 1.25. The van der Waals surface area contributed by atoms with Gasteiger partial charge in [0.15, 0.2) is 10.9 Å². The van der Waals surface area contributed by atoms with Crippen LogP contribution in [0.3, 0.4) is 0 Å². The Morgan fingerprint density at radius 2 is 2.27 bits per heavy atom. The Balaban J connectivity index is 2.63. The fourth-order valence-corrected chi connectivity index (χ4v) is 2.82. The van der Waals surface area contributed by atoms with Crippen LogP contribution in [0.1, 0.15) is 6.92 Å². The summed E-state index contributed by atoms with van der Waals surface area (Å²) in [5.74, 6) is 0. The van der Waals surface area contributed by atoms with Crippen LogP contribution >= 0.6 is 11.3 Å². The largest absolute Gasteiger partial charge is 0.377 e. The summed E-state index contributed by atoms with van der Waals surface area (Å²) in [6.07, 6.45) is 0. The first-order valence-electron chi connectivity index (χ1n) is 4.20. The van der Waals surface area contributed by atoms with E-state index in [1.165, 1.54) is 30.4 Å². The molecular formula is C9H8NO3S2. The van der Waals surface area contributed by atoms with Crippen LogP contribution in [-0.4, -0.2) is 23.9 Å². The molecule has 1 radical (unpaired) electrons. The van der Waals surface area contributed by atoms with E-state index in [1.807, 2.05) is 0 Å². The van der Waals surface area contributed by atoms with E-state index in [2.05, 4.69) is 10.5 Å². The van der Waals surface area contributed by atoms with Gasteiger partial charge in [-0.2, -0.15) is 0 Å². The molecule has 1 N–H and O–H groups in total. The number of thiazole rings is 1. The normalized spacial score (nSPS) is 14.3. The first-order chi connectivity index (χ1) is 7.01. The van der Waals surface area contributed by atoms with Crippen LogP contribution in [-0.2, 0) is 9.84 Å². The molecule has 0 amide bonds. The molecular weight excluding hydrogens is 234 g/mol. The van der Waals surface area contributed by atoms with Crippen LogP contribution < -0.4 is 0 Å². The van der Waals surface area contributed by atoms with Gasteiger partial charge in [-0.15, -0.1) is 11.3 Å². The zero-order valence-electron chi connectivity index (χ0n) is 7.84. The Labute approximate surface area is 91.1 Å². The highest BCUT2D eigenvalue weighted by Crippen LogP contribution is 2.23. The van der Waals surface area contributed by atoms with Crippen LogP contribution in [0.25, 0.3) is 10.2 Å². The Morgan fingerprint density at radius 3 is 2.93 bits per heavy atom. The van der Waals surface area contributed by atoms with Gasteiger partial charge in [0, 0.05) is 0 Å². The predicted molar refractivity (Wildman–Crippen MR) is 57.3 cm³/mol. The molecule has 2 rings (SSSR count). The molecule has 0 spiro atoms. The van der Waals surface area contributed by atoms with E-state index in [1.54, 1.807) is 6.07 Å². The molecule has 4 nitrogen and oxygen atoms in total. The minimum atomic E-state index is -3.63. The van der Waals surface area contributed by atoms with Gasteiger partial charge in [-0.3, -0.25) is 0 Å². The third-order valence-corrected chi connectivity index (χ3v) is 4.57. The maximum atomic E-state index is 11.6. The minimum Gasteiger partial charge on any atom is -0.377 e. The van der Waals surface area contributed by atoms with Crippen molar-refractivity contribution < 1.29 is 13.5 Å². The molecule has 0 bridgehead atoms. The van der Waals surface area contributed by atoms with Crippen molar-refractivity contribution in [3.63, 3.8) is 0 Å². The van der Waals surface area contributed by atoms with E-state index in [0.29, 0.717) is 5.52 Å². The van der Waals surface area contributed by atoms with Gasteiger partial charge in [0.1, 0.15) is 0 Å². The van der Waals surface area contributed by atoms with Gasteiger partial charge in [-0.1, -0.05) is 0 Å². The molecule has 1 aromatic heterocycles. The van der Waals surface area contributed by atoms with Crippen molar-refractivity contribution in [2.24, 2.45) is 0 Å². The molecule has 15 heavy (non-hydrogen) atoms. The second-order valence-electron chi connectivity index (χ2n) is 3.08. The van der Waals surface area contributed by atoms with Crippen LogP contribution in [0, 0.1) is 5.51 Å². The second kappa shape index (κ2) is 3.55. The molecule has 1 heterocycles. The fourth-order valence-electron chi connectivity index (χ4n) is 1.16. The van der Waals surface area contributed by atoms with Crippen molar-refractivity contribution >= 4 is 31.4 Å². The van der Waals surface area contributed by atoms with Gasteiger partial charge in [0.05, 0.1) is 15.1 Å². The molecule has 1 unspecified atom stereocenters. The van der Waals surface area contributed by atoms with Crippen LogP contribution in [0.15, 0.2) is 23.1 Å². The molecule has 79 valence electrons. The monoisotopic (exact) mass is 242 g/mol. The number of aliphatic hydroxyl groups is 1. The maximum absolute atomic E-state index is 11.6. The molecule has 0 aliphatic heterocycles. The zero-order valence-corrected chi connectivity index (χ0v) is 9.47. The first-order valence-corrected chi connectivity index (χ1v) is 6.57. The molecule has 2 aromatic rings. The molecule has 0 saturated carbocycles. The predicted octanol–water partition coefficient (Wildman–Crippen LogP) is 1.21. The summed E-state index contributed by atoms with van der Waals surface area (Å²) in [4.78, 5) is 4.04. The Morgan fingerprint density at radius 1 is 1.53 bits per heavy atom. The third-order valence-electron chi connectivity index (χ3n) is 2.03. The zero-order chi connectivity index (χ0) is 11.1. The highest BCUT2D eigenvalue weighted by atomic mass is 32.2. The first kappa shape index (κ1) is 10.5. The van der Waals surface area contributed by atoms with Gasteiger partial charge in [-0.25, -0.2) is 13.4 Å². The smallest absolute Gasteiger partial charge is 0.204 e. The van der Waals surface area contributed by atoms with Crippen molar-refractivity contribution in [3.8, 4) is 0 Å².